The van der Waals surface area contributed by atoms with Gasteiger partial charge in [-0.05, 0) is 19.9 Å². The normalized spacial score (nSPS) is 10.6. The summed E-state index contributed by atoms with van der Waals surface area (Å²) in [7, 11) is 0. The zero-order valence-corrected chi connectivity index (χ0v) is 8.53. The Morgan fingerprint density at radius 1 is 1.40 bits per heavy atom. The van der Waals surface area contributed by atoms with Gasteiger partial charge in [-0.3, -0.25) is 4.98 Å². The van der Waals surface area contributed by atoms with Gasteiger partial charge in [0, 0.05) is 6.20 Å². The van der Waals surface area contributed by atoms with Crippen LogP contribution in [-0.2, 0) is 0 Å². The monoisotopic (exact) mass is 206 g/mol. The lowest BCUT2D eigenvalue weighted by Crippen LogP contribution is -2.02. The summed E-state index contributed by atoms with van der Waals surface area (Å²) in [6, 6.07) is 1.56. The van der Waals surface area contributed by atoms with Crippen molar-refractivity contribution in [3.63, 3.8) is 0 Å². The van der Waals surface area contributed by atoms with E-state index >= 15 is 0 Å². The Morgan fingerprint density at radius 2 is 2.13 bits per heavy atom. The Hall–Kier alpha value is -1.91. The van der Waals surface area contributed by atoms with Crippen molar-refractivity contribution in [1.82, 2.24) is 14.8 Å². The van der Waals surface area contributed by atoms with Gasteiger partial charge in [-0.1, -0.05) is 0 Å². The third-order valence-electron chi connectivity index (χ3n) is 2.33. The fourth-order valence-corrected chi connectivity index (χ4v) is 1.43. The zero-order chi connectivity index (χ0) is 11.0. The van der Waals surface area contributed by atoms with Crippen LogP contribution in [-0.4, -0.2) is 14.8 Å². The third-order valence-corrected chi connectivity index (χ3v) is 2.33. The topological polar surface area (TPSA) is 56.7 Å². The highest BCUT2D eigenvalue weighted by molar-refractivity contribution is 5.50. The molecular formula is C10H11FN4. The molecule has 0 aromatic carbocycles. The lowest BCUT2D eigenvalue weighted by molar-refractivity contribution is 0.602. The summed E-state index contributed by atoms with van der Waals surface area (Å²) in [5, 5.41) is 4.16. The molecule has 0 saturated carbocycles. The van der Waals surface area contributed by atoms with Crippen molar-refractivity contribution in [3.05, 3.63) is 35.7 Å². The van der Waals surface area contributed by atoms with E-state index in [-0.39, 0.29) is 0 Å². The predicted octanol–water partition coefficient (Wildman–Crippen LogP) is 1.61. The fraction of sp³-hybridized carbons (Fsp3) is 0.200. The van der Waals surface area contributed by atoms with Crippen molar-refractivity contribution < 1.29 is 4.39 Å². The fourth-order valence-electron chi connectivity index (χ4n) is 1.43. The van der Waals surface area contributed by atoms with Gasteiger partial charge in [0.15, 0.2) is 5.82 Å². The highest BCUT2D eigenvalue weighted by atomic mass is 19.1. The van der Waals surface area contributed by atoms with Crippen LogP contribution < -0.4 is 5.73 Å². The summed E-state index contributed by atoms with van der Waals surface area (Å²) in [5.74, 6) is -0.414. The minimum absolute atomic E-state index is 0.363. The lowest BCUT2D eigenvalue weighted by Gasteiger charge is -2.04. The van der Waals surface area contributed by atoms with E-state index in [9.17, 15) is 4.39 Å². The second-order valence-electron chi connectivity index (χ2n) is 3.32. The van der Waals surface area contributed by atoms with Gasteiger partial charge in [-0.25, -0.2) is 9.07 Å². The minimum Gasteiger partial charge on any atom is -0.396 e. The maximum Gasteiger partial charge on any atom is 0.167 e. The molecule has 2 N–H and O–H groups in total. The van der Waals surface area contributed by atoms with Crippen molar-refractivity contribution in [2.75, 3.05) is 5.73 Å². The molecule has 0 fully saturated rings. The summed E-state index contributed by atoms with van der Waals surface area (Å²) in [4.78, 5) is 3.68. The number of aromatic nitrogens is 3. The van der Waals surface area contributed by atoms with E-state index in [0.29, 0.717) is 17.1 Å². The van der Waals surface area contributed by atoms with E-state index in [1.165, 1.54) is 10.9 Å². The summed E-state index contributed by atoms with van der Waals surface area (Å²) in [6.07, 6.45) is 2.67. The van der Waals surface area contributed by atoms with Crippen LogP contribution in [0.25, 0.3) is 5.69 Å². The maximum atomic E-state index is 13.4. The van der Waals surface area contributed by atoms with Crippen LogP contribution >= 0.6 is 0 Å². The molecular weight excluding hydrogens is 195 g/mol. The van der Waals surface area contributed by atoms with Crippen LogP contribution in [0.1, 0.15) is 11.4 Å². The van der Waals surface area contributed by atoms with Crippen molar-refractivity contribution in [2.24, 2.45) is 0 Å². The van der Waals surface area contributed by atoms with Crippen LogP contribution in [0, 0.1) is 19.7 Å². The van der Waals surface area contributed by atoms with Crippen LogP contribution in [0.5, 0.6) is 0 Å². The van der Waals surface area contributed by atoms with Gasteiger partial charge in [0.05, 0.1) is 23.3 Å². The average Bonchev–Trinajstić information content (AvgIpc) is 2.47. The van der Waals surface area contributed by atoms with Gasteiger partial charge in [0.1, 0.15) is 5.69 Å². The van der Waals surface area contributed by atoms with E-state index in [1.54, 1.807) is 19.9 Å². The molecule has 0 unspecified atom stereocenters. The van der Waals surface area contributed by atoms with E-state index in [1.807, 2.05) is 0 Å². The summed E-state index contributed by atoms with van der Waals surface area (Å²) >= 11 is 0. The van der Waals surface area contributed by atoms with E-state index in [2.05, 4.69) is 10.1 Å². The van der Waals surface area contributed by atoms with Gasteiger partial charge in [0.2, 0.25) is 0 Å². The first-order chi connectivity index (χ1) is 7.11. The SMILES string of the molecule is Cc1nn(-c2ccncc2F)c(C)c1N. The Kier molecular flexibility index (Phi) is 2.15. The first kappa shape index (κ1) is 9.64. The first-order valence-corrected chi connectivity index (χ1v) is 4.53. The number of rotatable bonds is 1. The molecule has 4 nitrogen and oxygen atoms in total. The lowest BCUT2D eigenvalue weighted by atomic mass is 10.3. The molecule has 2 heterocycles. The quantitative estimate of drug-likeness (QED) is 0.771. The highest BCUT2D eigenvalue weighted by Gasteiger charge is 2.12. The average molecular weight is 206 g/mol. The van der Waals surface area contributed by atoms with Gasteiger partial charge >= 0.3 is 0 Å². The molecule has 0 atom stereocenters. The summed E-state index contributed by atoms with van der Waals surface area (Å²) in [6.45, 7) is 3.59. The standard InChI is InChI=1S/C10H11FN4/c1-6-10(12)7(2)15(14-6)9-3-4-13-5-8(9)11/h3-5H,12H2,1-2H3. The number of aryl methyl sites for hydroxylation is 1. The van der Waals surface area contributed by atoms with Crippen LogP contribution in [0.4, 0.5) is 10.1 Å². The molecule has 5 heteroatoms. The maximum absolute atomic E-state index is 13.4. The molecule has 0 amide bonds. The molecule has 0 radical (unpaired) electrons. The smallest absolute Gasteiger partial charge is 0.167 e. The number of nitrogen functional groups attached to an aromatic ring is 1. The number of pyridine rings is 1. The van der Waals surface area contributed by atoms with Gasteiger partial charge in [-0.15, -0.1) is 0 Å². The van der Waals surface area contributed by atoms with Crippen molar-refractivity contribution in [1.29, 1.82) is 0 Å². The zero-order valence-electron chi connectivity index (χ0n) is 8.53. The van der Waals surface area contributed by atoms with Gasteiger partial charge in [0.25, 0.3) is 0 Å². The number of anilines is 1. The Bertz CT molecular complexity index is 504. The Labute approximate surface area is 86.6 Å². The van der Waals surface area contributed by atoms with Crippen LogP contribution in [0.3, 0.4) is 0 Å². The molecule has 2 aromatic heterocycles. The first-order valence-electron chi connectivity index (χ1n) is 4.53. The second kappa shape index (κ2) is 3.34. The highest BCUT2D eigenvalue weighted by Crippen LogP contribution is 2.20. The number of hydrogen-bond acceptors (Lipinski definition) is 3. The molecule has 0 saturated heterocycles. The number of halogens is 1. The molecule has 0 bridgehead atoms. The number of nitrogens with two attached hydrogens (primary N) is 1. The number of nitrogens with zero attached hydrogens (tertiary/aromatic N) is 3. The van der Waals surface area contributed by atoms with E-state index in [4.69, 9.17) is 5.73 Å². The Balaban J connectivity index is 2.65. The van der Waals surface area contributed by atoms with E-state index in [0.717, 1.165) is 11.9 Å². The van der Waals surface area contributed by atoms with E-state index < -0.39 is 5.82 Å². The minimum atomic E-state index is -0.414. The van der Waals surface area contributed by atoms with Crippen LogP contribution in [0.15, 0.2) is 18.5 Å². The molecule has 0 spiro atoms. The van der Waals surface area contributed by atoms with Crippen LogP contribution in [0.2, 0.25) is 0 Å². The molecule has 15 heavy (non-hydrogen) atoms. The molecule has 78 valence electrons. The van der Waals surface area contributed by atoms with Crippen molar-refractivity contribution in [3.8, 4) is 5.69 Å². The summed E-state index contributed by atoms with van der Waals surface area (Å²) < 4.78 is 14.9. The van der Waals surface area contributed by atoms with Gasteiger partial charge < -0.3 is 5.73 Å². The third kappa shape index (κ3) is 1.45. The van der Waals surface area contributed by atoms with Crippen molar-refractivity contribution >= 4 is 5.69 Å². The molecule has 0 aliphatic carbocycles. The van der Waals surface area contributed by atoms with Gasteiger partial charge in [-0.2, -0.15) is 5.10 Å². The molecule has 2 aromatic rings. The summed E-state index contributed by atoms with van der Waals surface area (Å²) in [5.41, 5.74) is 8.15. The predicted molar refractivity (Wildman–Crippen MR) is 55.2 cm³/mol. The molecule has 0 aliphatic heterocycles. The molecule has 0 aliphatic rings. The molecule has 2 rings (SSSR count). The second-order valence-corrected chi connectivity index (χ2v) is 3.32. The Morgan fingerprint density at radius 3 is 2.67 bits per heavy atom. The largest absolute Gasteiger partial charge is 0.396 e. The number of hydrogen-bond donors (Lipinski definition) is 1. The van der Waals surface area contributed by atoms with Crippen molar-refractivity contribution in [2.45, 2.75) is 13.8 Å².